The molecule has 2 aromatic heterocycles. The van der Waals surface area contributed by atoms with E-state index >= 15 is 8.78 Å². The molecule has 2 aliphatic rings. The van der Waals surface area contributed by atoms with Gasteiger partial charge in [-0.3, -0.25) is 14.6 Å². The van der Waals surface area contributed by atoms with Gasteiger partial charge in [-0.05, 0) is 98.7 Å². The second-order valence-electron chi connectivity index (χ2n) is 10.8. The van der Waals surface area contributed by atoms with Crippen LogP contribution in [-0.2, 0) is 0 Å². The molecule has 0 bridgehead atoms. The second-order valence-corrected chi connectivity index (χ2v) is 10.8. The molecule has 1 saturated carbocycles. The third-order valence-corrected chi connectivity index (χ3v) is 8.03. The number of amides is 2. The molecule has 2 N–H and O–H groups in total. The number of nitrogens with one attached hydrogen (secondary N) is 2. The summed E-state index contributed by atoms with van der Waals surface area (Å²) < 4.78 is 46.4. The summed E-state index contributed by atoms with van der Waals surface area (Å²) in [7, 11) is 1.41. The van der Waals surface area contributed by atoms with Crippen LogP contribution in [0.3, 0.4) is 0 Å². The summed E-state index contributed by atoms with van der Waals surface area (Å²) in [6.07, 6.45) is 6.50. The first-order valence-electron chi connectivity index (χ1n) is 13.7. The zero-order valence-corrected chi connectivity index (χ0v) is 23.3. The molecule has 10 heteroatoms. The Labute approximate surface area is 240 Å². The van der Waals surface area contributed by atoms with Gasteiger partial charge in [0.25, 0.3) is 11.8 Å². The van der Waals surface area contributed by atoms with Crippen LogP contribution in [0.25, 0.3) is 27.9 Å². The molecule has 0 atom stereocenters. The fourth-order valence-electron chi connectivity index (χ4n) is 5.58. The Bertz CT molecular complexity index is 1840. The summed E-state index contributed by atoms with van der Waals surface area (Å²) in [6, 6.07) is 9.38. The van der Waals surface area contributed by atoms with Crippen LogP contribution in [0.1, 0.15) is 58.9 Å². The zero-order valence-electron chi connectivity index (χ0n) is 23.3. The topological polar surface area (TPSA) is 87.9 Å². The van der Waals surface area contributed by atoms with E-state index in [1.807, 2.05) is 13.1 Å². The number of pyridine rings is 1. The minimum absolute atomic E-state index is 0.000766. The van der Waals surface area contributed by atoms with Crippen LogP contribution in [0.15, 0.2) is 64.9 Å². The standard InChI is InChI=1S/C32H28F3N5O2/c1-17-5-4-13-37-29(17)32(11-12-32)38-30(41)20-15-23(18(2)24(34)16-20)22-10-14-40-28(26(22)35)25(31(42)36-3)27(39-40)19-6-8-21(33)9-7-19/h6-10,13-16H,4-5,11-12H2,1-3H3,(H,36,42)(H,38,41). The van der Waals surface area contributed by atoms with Crippen molar-refractivity contribution in [2.45, 2.75) is 45.1 Å². The lowest BCUT2D eigenvalue weighted by Crippen LogP contribution is -2.39. The predicted octanol–water partition coefficient (Wildman–Crippen LogP) is 6.15. The molecule has 0 saturated heterocycles. The first kappa shape index (κ1) is 27.4. The molecule has 1 aliphatic heterocycles. The Balaban J connectivity index is 1.44. The number of aromatic nitrogens is 2. The molecule has 0 unspecified atom stereocenters. The molecule has 1 fully saturated rings. The molecule has 214 valence electrons. The smallest absolute Gasteiger partial charge is 0.255 e. The van der Waals surface area contributed by atoms with Crippen LogP contribution < -0.4 is 10.6 Å². The average Bonchev–Trinajstić information content (AvgIpc) is 3.64. The largest absolute Gasteiger partial charge is 0.355 e. The number of rotatable bonds is 6. The highest BCUT2D eigenvalue weighted by atomic mass is 19.1. The van der Waals surface area contributed by atoms with Crippen LogP contribution >= 0.6 is 0 Å². The van der Waals surface area contributed by atoms with Crippen LogP contribution in [0, 0.1) is 24.4 Å². The minimum atomic E-state index is -0.812. The Kier molecular flexibility index (Phi) is 6.71. The van der Waals surface area contributed by atoms with E-state index in [4.69, 9.17) is 0 Å². The molecular formula is C32H28F3N5O2. The third-order valence-electron chi connectivity index (χ3n) is 8.03. The lowest BCUT2D eigenvalue weighted by atomic mass is 9.95. The molecule has 2 amide bonds. The van der Waals surface area contributed by atoms with Gasteiger partial charge in [0, 0.05) is 36.1 Å². The van der Waals surface area contributed by atoms with Crippen molar-refractivity contribution in [2.24, 2.45) is 4.99 Å². The number of benzene rings is 2. The maximum absolute atomic E-state index is 16.4. The van der Waals surface area contributed by atoms with E-state index in [-0.39, 0.29) is 39.0 Å². The molecule has 7 nitrogen and oxygen atoms in total. The summed E-state index contributed by atoms with van der Waals surface area (Å²) in [5, 5.41) is 9.96. The third kappa shape index (κ3) is 4.56. The number of carbonyl (C=O) groups is 2. The van der Waals surface area contributed by atoms with Crippen molar-refractivity contribution in [1.82, 2.24) is 20.2 Å². The highest BCUT2D eigenvalue weighted by Gasteiger charge is 2.49. The molecule has 6 rings (SSSR count). The Morgan fingerprint density at radius 2 is 1.71 bits per heavy atom. The summed E-state index contributed by atoms with van der Waals surface area (Å²) in [6.45, 7) is 3.51. The van der Waals surface area contributed by atoms with Gasteiger partial charge in [0.1, 0.15) is 22.8 Å². The Morgan fingerprint density at radius 3 is 2.38 bits per heavy atom. The highest BCUT2D eigenvalue weighted by molar-refractivity contribution is 6.07. The molecule has 1 aliphatic carbocycles. The van der Waals surface area contributed by atoms with Crippen molar-refractivity contribution in [3.8, 4) is 22.4 Å². The van der Waals surface area contributed by atoms with Gasteiger partial charge < -0.3 is 10.6 Å². The number of aliphatic imine (C=N–C) groups is 1. The Morgan fingerprint density at radius 1 is 0.976 bits per heavy atom. The van der Waals surface area contributed by atoms with Crippen molar-refractivity contribution in [3.05, 3.63) is 94.1 Å². The Hall–Kier alpha value is -4.73. The van der Waals surface area contributed by atoms with Gasteiger partial charge in [0.05, 0.1) is 16.8 Å². The quantitative estimate of drug-likeness (QED) is 0.291. The van der Waals surface area contributed by atoms with Gasteiger partial charge in [-0.25, -0.2) is 17.7 Å². The van der Waals surface area contributed by atoms with E-state index in [1.54, 1.807) is 0 Å². The molecule has 2 aromatic carbocycles. The molecular weight excluding hydrogens is 543 g/mol. The maximum Gasteiger partial charge on any atom is 0.255 e. The van der Waals surface area contributed by atoms with Crippen LogP contribution in [0.4, 0.5) is 13.2 Å². The minimum Gasteiger partial charge on any atom is -0.355 e. The summed E-state index contributed by atoms with van der Waals surface area (Å²) >= 11 is 0. The van der Waals surface area contributed by atoms with E-state index < -0.39 is 34.8 Å². The molecule has 42 heavy (non-hydrogen) atoms. The molecule has 0 spiro atoms. The van der Waals surface area contributed by atoms with Gasteiger partial charge in [0.15, 0.2) is 5.82 Å². The first-order valence-corrected chi connectivity index (χ1v) is 13.7. The van der Waals surface area contributed by atoms with Gasteiger partial charge in [-0.1, -0.05) is 0 Å². The molecule has 4 aromatic rings. The number of nitrogens with zero attached hydrogens (tertiary/aromatic N) is 3. The first-order chi connectivity index (χ1) is 20.1. The second kappa shape index (κ2) is 10.3. The number of halogens is 3. The van der Waals surface area contributed by atoms with Crippen molar-refractivity contribution in [1.29, 1.82) is 0 Å². The van der Waals surface area contributed by atoms with Crippen molar-refractivity contribution in [2.75, 3.05) is 7.05 Å². The van der Waals surface area contributed by atoms with Gasteiger partial charge >= 0.3 is 0 Å². The monoisotopic (exact) mass is 571 g/mol. The number of hydrogen-bond donors (Lipinski definition) is 2. The van der Waals surface area contributed by atoms with E-state index in [1.165, 1.54) is 61.1 Å². The van der Waals surface area contributed by atoms with E-state index in [9.17, 15) is 14.0 Å². The highest BCUT2D eigenvalue weighted by Crippen LogP contribution is 2.46. The number of allylic oxidation sites excluding steroid dienone is 1. The van der Waals surface area contributed by atoms with Gasteiger partial charge in [-0.15, -0.1) is 0 Å². The van der Waals surface area contributed by atoms with Crippen LogP contribution in [0.2, 0.25) is 0 Å². The fourth-order valence-corrected chi connectivity index (χ4v) is 5.58. The van der Waals surface area contributed by atoms with Crippen LogP contribution in [-0.4, -0.2) is 40.2 Å². The number of hydrogen-bond acceptors (Lipinski definition) is 4. The average molecular weight is 572 g/mol. The SMILES string of the molecule is CNC(=O)c1c(-c2ccc(F)cc2)nn2ccc(-c3cc(C(=O)NC4(C5=C(C)CCC=N5)CC4)cc(F)c3C)c(F)c12. The summed E-state index contributed by atoms with van der Waals surface area (Å²) in [5.41, 5.74) is 2.14. The number of carbonyl (C=O) groups excluding carboxylic acids is 2. The van der Waals surface area contributed by atoms with Crippen molar-refractivity contribution >= 4 is 23.5 Å². The lowest BCUT2D eigenvalue weighted by molar-refractivity contribution is 0.0935. The summed E-state index contributed by atoms with van der Waals surface area (Å²) in [4.78, 5) is 30.9. The summed E-state index contributed by atoms with van der Waals surface area (Å²) in [5.74, 6) is -3.02. The normalized spacial score (nSPS) is 15.7. The predicted molar refractivity (Wildman–Crippen MR) is 154 cm³/mol. The van der Waals surface area contributed by atoms with E-state index in [0.717, 1.165) is 43.0 Å². The maximum atomic E-state index is 16.4. The van der Waals surface area contributed by atoms with Gasteiger partial charge in [-0.2, -0.15) is 5.10 Å². The lowest BCUT2D eigenvalue weighted by Gasteiger charge is -2.23. The van der Waals surface area contributed by atoms with Crippen molar-refractivity contribution < 1.29 is 22.8 Å². The number of fused-ring (bicyclic) bond motifs is 1. The van der Waals surface area contributed by atoms with E-state index in [0.29, 0.717) is 5.56 Å². The fraction of sp³-hybridized carbons (Fsp3) is 0.250. The molecule has 3 heterocycles. The van der Waals surface area contributed by atoms with E-state index in [2.05, 4.69) is 20.7 Å². The van der Waals surface area contributed by atoms with Crippen molar-refractivity contribution in [3.63, 3.8) is 0 Å². The molecule has 0 radical (unpaired) electrons. The van der Waals surface area contributed by atoms with Crippen LogP contribution in [0.5, 0.6) is 0 Å². The zero-order chi connectivity index (χ0) is 29.8. The van der Waals surface area contributed by atoms with Gasteiger partial charge in [0.2, 0.25) is 0 Å².